The number of benzene rings is 2. The zero-order valence-corrected chi connectivity index (χ0v) is 12.6. The number of fused-ring (bicyclic) bond motifs is 2. The van der Waals surface area contributed by atoms with Crippen LogP contribution in [0.1, 0.15) is 18.1 Å². The van der Waals surface area contributed by atoms with E-state index in [1.54, 1.807) is 0 Å². The molecule has 2 aliphatic rings. The Kier molecular flexibility index (Phi) is 3.39. The van der Waals surface area contributed by atoms with Crippen molar-refractivity contribution in [3.63, 3.8) is 0 Å². The van der Waals surface area contributed by atoms with Gasteiger partial charge in [0.2, 0.25) is 6.79 Å². The third kappa shape index (κ3) is 2.62. The van der Waals surface area contributed by atoms with E-state index in [9.17, 15) is 0 Å². The monoisotopic (exact) mass is 297 g/mol. The molecule has 4 rings (SSSR count). The van der Waals surface area contributed by atoms with Crippen molar-refractivity contribution in [2.45, 2.75) is 26.1 Å². The quantitative estimate of drug-likeness (QED) is 0.852. The number of ether oxygens (including phenoxy) is 3. The highest BCUT2D eigenvalue weighted by Crippen LogP contribution is 2.33. The summed E-state index contributed by atoms with van der Waals surface area (Å²) in [5.41, 5.74) is 2.48. The molecule has 0 saturated heterocycles. The van der Waals surface area contributed by atoms with Gasteiger partial charge in [0, 0.05) is 25.2 Å². The van der Waals surface area contributed by atoms with E-state index in [1.165, 1.54) is 11.1 Å². The van der Waals surface area contributed by atoms with Crippen molar-refractivity contribution in [3.05, 3.63) is 53.6 Å². The van der Waals surface area contributed by atoms with Gasteiger partial charge in [-0.1, -0.05) is 24.3 Å². The molecule has 0 radical (unpaired) electrons. The molecule has 0 bridgehead atoms. The Morgan fingerprint density at radius 1 is 1.05 bits per heavy atom. The summed E-state index contributed by atoms with van der Waals surface area (Å²) < 4.78 is 16.8. The van der Waals surface area contributed by atoms with E-state index in [0.717, 1.165) is 36.9 Å². The van der Waals surface area contributed by atoms with Crippen LogP contribution in [0.2, 0.25) is 0 Å². The van der Waals surface area contributed by atoms with Crippen LogP contribution < -0.4 is 14.2 Å². The predicted octanol–water partition coefficient (Wildman–Crippen LogP) is 3.20. The van der Waals surface area contributed by atoms with Gasteiger partial charge < -0.3 is 14.2 Å². The van der Waals surface area contributed by atoms with E-state index >= 15 is 0 Å². The molecule has 2 aliphatic heterocycles. The lowest BCUT2D eigenvalue weighted by Gasteiger charge is -2.22. The highest BCUT2D eigenvalue weighted by molar-refractivity contribution is 5.44. The van der Waals surface area contributed by atoms with Crippen molar-refractivity contribution < 1.29 is 14.2 Å². The van der Waals surface area contributed by atoms with Gasteiger partial charge in [0.25, 0.3) is 0 Å². The Bertz CT molecular complexity index is 686. The molecule has 2 aromatic carbocycles. The van der Waals surface area contributed by atoms with Crippen LogP contribution in [0.4, 0.5) is 0 Å². The molecule has 1 unspecified atom stereocenters. The number of para-hydroxylation sites is 1. The summed E-state index contributed by atoms with van der Waals surface area (Å²) in [4.78, 5) is 2.41. The van der Waals surface area contributed by atoms with Crippen LogP contribution in [-0.4, -0.2) is 24.3 Å². The number of rotatable bonds is 2. The van der Waals surface area contributed by atoms with Gasteiger partial charge in [-0.05, 0) is 30.7 Å². The predicted molar refractivity (Wildman–Crippen MR) is 83.2 cm³/mol. The topological polar surface area (TPSA) is 30.9 Å². The average Bonchev–Trinajstić information content (AvgIpc) is 2.90. The normalized spacial score (nSPS) is 20.1. The highest BCUT2D eigenvalue weighted by Gasteiger charge is 2.21. The first kappa shape index (κ1) is 13.5. The van der Waals surface area contributed by atoms with Crippen molar-refractivity contribution in [1.29, 1.82) is 0 Å². The van der Waals surface area contributed by atoms with Crippen molar-refractivity contribution in [3.8, 4) is 17.2 Å². The van der Waals surface area contributed by atoms with Gasteiger partial charge in [-0.15, -0.1) is 0 Å². The lowest BCUT2D eigenvalue weighted by molar-refractivity contribution is 0.156. The molecular weight excluding hydrogens is 278 g/mol. The summed E-state index contributed by atoms with van der Waals surface area (Å²) in [5, 5.41) is 0. The van der Waals surface area contributed by atoms with Crippen molar-refractivity contribution in [2.24, 2.45) is 0 Å². The van der Waals surface area contributed by atoms with Gasteiger partial charge in [0.05, 0.1) is 0 Å². The van der Waals surface area contributed by atoms with Gasteiger partial charge in [-0.3, -0.25) is 4.90 Å². The molecule has 0 aromatic heterocycles. The minimum atomic E-state index is 0.178. The molecule has 0 saturated carbocycles. The summed E-state index contributed by atoms with van der Waals surface area (Å²) in [6.45, 7) is 5.12. The summed E-state index contributed by atoms with van der Waals surface area (Å²) in [6.07, 6.45) is 0.178. The van der Waals surface area contributed by atoms with Gasteiger partial charge in [0.15, 0.2) is 11.5 Å². The van der Waals surface area contributed by atoms with Crippen molar-refractivity contribution in [1.82, 2.24) is 4.90 Å². The molecule has 0 spiro atoms. The molecule has 114 valence electrons. The van der Waals surface area contributed by atoms with Crippen LogP contribution >= 0.6 is 0 Å². The first-order valence-electron chi connectivity index (χ1n) is 7.63. The zero-order valence-electron chi connectivity index (χ0n) is 12.6. The fourth-order valence-corrected chi connectivity index (χ4v) is 3.09. The van der Waals surface area contributed by atoms with Crippen molar-refractivity contribution >= 4 is 0 Å². The molecule has 4 nitrogen and oxygen atoms in total. The first-order valence-corrected chi connectivity index (χ1v) is 7.63. The lowest BCUT2D eigenvalue weighted by Crippen LogP contribution is -2.30. The van der Waals surface area contributed by atoms with Gasteiger partial charge in [0.1, 0.15) is 11.9 Å². The van der Waals surface area contributed by atoms with E-state index in [1.807, 2.05) is 12.1 Å². The van der Waals surface area contributed by atoms with Crippen LogP contribution in [0.5, 0.6) is 17.2 Å². The molecule has 2 aromatic rings. The van der Waals surface area contributed by atoms with Crippen molar-refractivity contribution in [2.75, 3.05) is 13.3 Å². The minimum absolute atomic E-state index is 0.178. The van der Waals surface area contributed by atoms with E-state index in [4.69, 9.17) is 14.2 Å². The lowest BCUT2D eigenvalue weighted by atomic mass is 10.1. The number of hydrogen-bond donors (Lipinski definition) is 0. The standard InChI is InChI=1S/C18H19NO3/c1-13-9-19(11-15-4-2-3-5-16(15)22-13)10-14-6-7-17-18(8-14)21-12-20-17/h2-8,13H,9-12H2,1H3. The molecular formula is C18H19NO3. The van der Waals surface area contributed by atoms with E-state index in [0.29, 0.717) is 6.79 Å². The SMILES string of the molecule is CC1CN(Cc2ccc3c(c2)OCO3)Cc2ccccc2O1. The van der Waals surface area contributed by atoms with Gasteiger partial charge in [-0.25, -0.2) is 0 Å². The third-order valence-corrected chi connectivity index (χ3v) is 4.05. The second-order valence-corrected chi connectivity index (χ2v) is 5.89. The van der Waals surface area contributed by atoms with E-state index in [2.05, 4.69) is 42.2 Å². The zero-order chi connectivity index (χ0) is 14.9. The van der Waals surface area contributed by atoms with E-state index < -0.39 is 0 Å². The Labute approximate surface area is 130 Å². The second kappa shape index (κ2) is 5.54. The van der Waals surface area contributed by atoms with E-state index in [-0.39, 0.29) is 6.10 Å². The van der Waals surface area contributed by atoms with Crippen LogP contribution in [-0.2, 0) is 13.1 Å². The second-order valence-electron chi connectivity index (χ2n) is 5.89. The highest BCUT2D eigenvalue weighted by atomic mass is 16.7. The third-order valence-electron chi connectivity index (χ3n) is 4.05. The smallest absolute Gasteiger partial charge is 0.231 e. The Morgan fingerprint density at radius 3 is 2.86 bits per heavy atom. The maximum absolute atomic E-state index is 6.01. The van der Waals surface area contributed by atoms with Crippen LogP contribution in [0, 0.1) is 0 Å². The fourth-order valence-electron chi connectivity index (χ4n) is 3.09. The molecule has 0 aliphatic carbocycles. The molecule has 0 fully saturated rings. The van der Waals surface area contributed by atoms with Gasteiger partial charge >= 0.3 is 0 Å². The first-order chi connectivity index (χ1) is 10.8. The molecule has 2 heterocycles. The summed E-state index contributed by atoms with van der Waals surface area (Å²) in [7, 11) is 0. The summed E-state index contributed by atoms with van der Waals surface area (Å²) in [5.74, 6) is 2.68. The molecule has 4 heteroatoms. The maximum Gasteiger partial charge on any atom is 0.231 e. The average molecular weight is 297 g/mol. The molecule has 0 N–H and O–H groups in total. The summed E-state index contributed by atoms with van der Waals surface area (Å²) >= 11 is 0. The van der Waals surface area contributed by atoms with Crippen LogP contribution in [0.3, 0.4) is 0 Å². The van der Waals surface area contributed by atoms with Crippen LogP contribution in [0.15, 0.2) is 42.5 Å². The molecule has 22 heavy (non-hydrogen) atoms. The maximum atomic E-state index is 6.01. The molecule has 1 atom stereocenters. The van der Waals surface area contributed by atoms with Crippen LogP contribution in [0.25, 0.3) is 0 Å². The number of hydrogen-bond acceptors (Lipinski definition) is 4. The Morgan fingerprint density at radius 2 is 1.91 bits per heavy atom. The Balaban J connectivity index is 1.55. The van der Waals surface area contributed by atoms with Gasteiger partial charge in [-0.2, -0.15) is 0 Å². The largest absolute Gasteiger partial charge is 0.489 e. The minimum Gasteiger partial charge on any atom is -0.489 e. The Hall–Kier alpha value is -2.20. The number of nitrogens with zero attached hydrogens (tertiary/aromatic N) is 1. The summed E-state index contributed by atoms with van der Waals surface area (Å²) in [6, 6.07) is 14.5. The molecule has 0 amide bonds. The fraction of sp³-hybridized carbons (Fsp3) is 0.333.